The molecule has 0 aliphatic carbocycles. The minimum atomic E-state index is -0.629. The van der Waals surface area contributed by atoms with Crippen LogP contribution in [0.15, 0.2) is 40.9 Å². The Hall–Kier alpha value is -2.08. The van der Waals surface area contributed by atoms with E-state index in [4.69, 9.17) is 0 Å². The van der Waals surface area contributed by atoms with Gasteiger partial charge in [0.25, 0.3) is 0 Å². The lowest BCUT2D eigenvalue weighted by Crippen LogP contribution is -2.09. The Morgan fingerprint density at radius 1 is 1.38 bits per heavy atom. The number of methoxy groups -OCH3 is 1. The second-order valence-corrected chi connectivity index (χ2v) is 5.14. The topological polar surface area (TPSA) is 58.6 Å². The SMILES string of the molecule is COC(=O)c1cc(F)ccc1NCc1cccc(Br)c1O. The largest absolute Gasteiger partial charge is 0.506 e. The third-order valence-corrected chi connectivity index (χ3v) is 3.57. The monoisotopic (exact) mass is 353 g/mol. The molecule has 0 amide bonds. The maximum absolute atomic E-state index is 13.2. The molecule has 0 heterocycles. The summed E-state index contributed by atoms with van der Waals surface area (Å²) in [6.45, 7) is 0.279. The van der Waals surface area contributed by atoms with Gasteiger partial charge in [-0.25, -0.2) is 9.18 Å². The summed E-state index contributed by atoms with van der Waals surface area (Å²) in [4.78, 5) is 11.6. The first-order valence-corrected chi connectivity index (χ1v) is 6.90. The van der Waals surface area contributed by atoms with Crippen LogP contribution in [0.5, 0.6) is 5.75 Å². The van der Waals surface area contributed by atoms with Crippen LogP contribution < -0.4 is 5.32 Å². The van der Waals surface area contributed by atoms with Crippen molar-refractivity contribution in [2.75, 3.05) is 12.4 Å². The van der Waals surface area contributed by atoms with Crippen molar-refractivity contribution in [1.82, 2.24) is 0 Å². The standard InChI is InChI=1S/C15H13BrFNO3/c1-21-15(20)11-7-10(17)5-6-13(11)18-8-9-3-2-4-12(16)14(9)19/h2-7,18-19H,8H2,1H3. The van der Waals surface area contributed by atoms with Crippen molar-refractivity contribution < 1.29 is 19.0 Å². The molecule has 2 aromatic rings. The molecular formula is C15H13BrFNO3. The van der Waals surface area contributed by atoms with Gasteiger partial charge in [0.15, 0.2) is 0 Å². The van der Waals surface area contributed by atoms with Gasteiger partial charge >= 0.3 is 5.97 Å². The number of rotatable bonds is 4. The minimum Gasteiger partial charge on any atom is -0.506 e. The first-order valence-electron chi connectivity index (χ1n) is 6.11. The molecule has 2 rings (SSSR count). The van der Waals surface area contributed by atoms with Gasteiger partial charge in [-0.2, -0.15) is 0 Å². The van der Waals surface area contributed by atoms with Crippen molar-refractivity contribution in [3.63, 3.8) is 0 Å². The van der Waals surface area contributed by atoms with Gasteiger partial charge in [0.05, 0.1) is 17.1 Å². The quantitative estimate of drug-likeness (QED) is 0.823. The number of carbonyl (C=O) groups excluding carboxylic acids is 1. The van der Waals surface area contributed by atoms with Gasteiger partial charge in [0.1, 0.15) is 11.6 Å². The molecule has 6 heteroatoms. The number of benzene rings is 2. The Bertz CT molecular complexity index is 676. The highest BCUT2D eigenvalue weighted by molar-refractivity contribution is 9.10. The van der Waals surface area contributed by atoms with Crippen LogP contribution in [0.2, 0.25) is 0 Å². The predicted octanol–water partition coefficient (Wildman–Crippen LogP) is 3.69. The van der Waals surface area contributed by atoms with Crippen LogP contribution in [0, 0.1) is 5.82 Å². The van der Waals surface area contributed by atoms with E-state index in [1.807, 2.05) is 0 Å². The van der Waals surface area contributed by atoms with E-state index in [2.05, 4.69) is 26.0 Å². The maximum Gasteiger partial charge on any atom is 0.340 e. The maximum atomic E-state index is 13.2. The van der Waals surface area contributed by atoms with E-state index in [0.717, 1.165) is 6.07 Å². The van der Waals surface area contributed by atoms with E-state index >= 15 is 0 Å². The number of esters is 1. The van der Waals surface area contributed by atoms with Crippen LogP contribution in [0.25, 0.3) is 0 Å². The number of hydrogen-bond acceptors (Lipinski definition) is 4. The van der Waals surface area contributed by atoms with Crippen molar-refractivity contribution in [2.24, 2.45) is 0 Å². The normalized spacial score (nSPS) is 10.2. The Morgan fingerprint density at radius 3 is 2.86 bits per heavy atom. The van der Waals surface area contributed by atoms with E-state index in [0.29, 0.717) is 15.7 Å². The fourth-order valence-electron chi connectivity index (χ4n) is 1.84. The number of hydrogen-bond donors (Lipinski definition) is 2. The van der Waals surface area contributed by atoms with E-state index in [1.165, 1.54) is 19.2 Å². The zero-order chi connectivity index (χ0) is 15.4. The van der Waals surface area contributed by atoms with E-state index in [1.54, 1.807) is 18.2 Å². The summed E-state index contributed by atoms with van der Waals surface area (Å²) in [5, 5.41) is 12.9. The molecular weight excluding hydrogens is 341 g/mol. The molecule has 2 aromatic carbocycles. The second kappa shape index (κ2) is 6.58. The Kier molecular flexibility index (Phi) is 4.80. The van der Waals surface area contributed by atoms with Crippen molar-refractivity contribution in [2.45, 2.75) is 6.54 Å². The van der Waals surface area contributed by atoms with E-state index in [9.17, 15) is 14.3 Å². The summed E-state index contributed by atoms with van der Waals surface area (Å²) >= 11 is 3.23. The summed E-state index contributed by atoms with van der Waals surface area (Å²) in [6.07, 6.45) is 0. The first-order chi connectivity index (χ1) is 10.0. The number of ether oxygens (including phenoxy) is 1. The number of nitrogens with one attached hydrogen (secondary N) is 1. The molecule has 0 atom stereocenters. The number of phenols is 1. The van der Waals surface area contributed by atoms with Crippen molar-refractivity contribution in [3.05, 3.63) is 57.8 Å². The highest BCUT2D eigenvalue weighted by Gasteiger charge is 2.13. The molecule has 0 aliphatic heterocycles. The van der Waals surface area contributed by atoms with Crippen LogP contribution in [0.3, 0.4) is 0 Å². The lowest BCUT2D eigenvalue weighted by molar-refractivity contribution is 0.0601. The van der Waals surface area contributed by atoms with Crippen LogP contribution >= 0.6 is 15.9 Å². The highest BCUT2D eigenvalue weighted by Crippen LogP contribution is 2.28. The third-order valence-electron chi connectivity index (χ3n) is 2.93. The van der Waals surface area contributed by atoms with Crippen LogP contribution in [0.4, 0.5) is 10.1 Å². The molecule has 21 heavy (non-hydrogen) atoms. The van der Waals surface area contributed by atoms with Crippen LogP contribution in [-0.2, 0) is 11.3 Å². The number of para-hydroxylation sites is 1. The summed E-state index contributed by atoms with van der Waals surface area (Å²) < 4.78 is 18.4. The zero-order valence-corrected chi connectivity index (χ0v) is 12.8. The van der Waals surface area contributed by atoms with Gasteiger partial charge < -0.3 is 15.2 Å². The summed E-state index contributed by atoms with van der Waals surface area (Å²) in [6, 6.07) is 9.05. The average molecular weight is 354 g/mol. The lowest BCUT2D eigenvalue weighted by Gasteiger charge is -2.12. The molecule has 0 radical (unpaired) electrons. The highest BCUT2D eigenvalue weighted by atomic mass is 79.9. The molecule has 0 saturated heterocycles. The van der Waals surface area contributed by atoms with Gasteiger partial charge in [0.2, 0.25) is 0 Å². The molecule has 0 unspecified atom stereocenters. The second-order valence-electron chi connectivity index (χ2n) is 4.28. The third kappa shape index (κ3) is 3.52. The molecule has 110 valence electrons. The minimum absolute atomic E-state index is 0.104. The Labute approximate surface area is 129 Å². The first kappa shape index (κ1) is 15.3. The molecule has 0 saturated carbocycles. The van der Waals surface area contributed by atoms with Crippen LogP contribution in [0.1, 0.15) is 15.9 Å². The molecule has 0 spiro atoms. The van der Waals surface area contributed by atoms with Gasteiger partial charge in [-0.1, -0.05) is 12.1 Å². The molecule has 4 nitrogen and oxygen atoms in total. The van der Waals surface area contributed by atoms with E-state index in [-0.39, 0.29) is 17.9 Å². The number of aromatic hydroxyl groups is 1. The lowest BCUT2D eigenvalue weighted by atomic mass is 10.1. The fourth-order valence-corrected chi connectivity index (χ4v) is 2.25. The fraction of sp³-hybridized carbons (Fsp3) is 0.133. The molecule has 2 N–H and O–H groups in total. The van der Waals surface area contributed by atoms with Crippen molar-refractivity contribution in [3.8, 4) is 5.75 Å². The Morgan fingerprint density at radius 2 is 2.14 bits per heavy atom. The number of carbonyl (C=O) groups is 1. The van der Waals surface area contributed by atoms with Crippen LogP contribution in [-0.4, -0.2) is 18.2 Å². The number of halogens is 2. The smallest absolute Gasteiger partial charge is 0.340 e. The van der Waals surface area contributed by atoms with Gasteiger partial charge in [-0.05, 0) is 40.2 Å². The number of anilines is 1. The summed E-state index contributed by atoms with van der Waals surface area (Å²) in [5.74, 6) is -1.03. The number of phenolic OH excluding ortho intramolecular Hbond substituents is 1. The van der Waals surface area contributed by atoms with Crippen molar-refractivity contribution in [1.29, 1.82) is 0 Å². The summed E-state index contributed by atoms with van der Waals surface area (Å²) in [5.41, 5.74) is 1.18. The molecule has 0 fully saturated rings. The summed E-state index contributed by atoms with van der Waals surface area (Å²) in [7, 11) is 1.23. The van der Waals surface area contributed by atoms with E-state index < -0.39 is 11.8 Å². The molecule has 0 bridgehead atoms. The average Bonchev–Trinajstić information content (AvgIpc) is 2.49. The molecule has 0 aromatic heterocycles. The van der Waals surface area contributed by atoms with Crippen molar-refractivity contribution >= 4 is 27.6 Å². The Balaban J connectivity index is 2.24. The van der Waals surface area contributed by atoms with Gasteiger partial charge in [0, 0.05) is 17.8 Å². The van der Waals surface area contributed by atoms with Gasteiger partial charge in [-0.3, -0.25) is 0 Å². The van der Waals surface area contributed by atoms with Gasteiger partial charge in [-0.15, -0.1) is 0 Å². The predicted molar refractivity (Wildman–Crippen MR) is 80.9 cm³/mol. The zero-order valence-electron chi connectivity index (χ0n) is 11.2. The molecule has 0 aliphatic rings.